The summed E-state index contributed by atoms with van der Waals surface area (Å²) in [5.41, 5.74) is 14.4. The Labute approximate surface area is 363 Å². The normalized spacial score (nSPS) is 12.3. The third-order valence-electron chi connectivity index (χ3n) is 7.51. The number of thiazole rings is 2. The monoisotopic (exact) mass is 791 g/mol. The molecular weight excluding hydrogens is 763 g/mol. The van der Waals surface area contributed by atoms with Gasteiger partial charge in [-0.05, 0) is 23.7 Å². The van der Waals surface area contributed by atoms with Crippen molar-refractivity contribution in [3.05, 3.63) is 53.9 Å². The van der Waals surface area contributed by atoms with Crippen LogP contribution in [-0.2, 0) is 20.9 Å². The first-order valence-corrected chi connectivity index (χ1v) is 18.6. The number of nitrogens with zero attached hydrogens (tertiary/aromatic N) is 13. The molecule has 272 valence electrons. The molecule has 0 atom stereocenters. The van der Waals surface area contributed by atoms with Gasteiger partial charge in [0.15, 0.2) is 23.0 Å². The van der Waals surface area contributed by atoms with Gasteiger partial charge < -0.3 is 21.1 Å². The maximum Gasteiger partial charge on any atom is 1.00 e. The first kappa shape index (κ1) is 44.7. The zero-order valence-electron chi connectivity index (χ0n) is 31.8. The van der Waals surface area contributed by atoms with Gasteiger partial charge in [-0.25, -0.2) is 28.4 Å². The predicted molar refractivity (Wildman–Crippen MR) is 194 cm³/mol. The fraction of sp³-hybridized carbons (Fsp3) is 0.258. The Kier molecular flexibility index (Phi) is 13.1. The first-order chi connectivity index (χ1) is 24.9. The Bertz CT molecular complexity index is 2720. The van der Waals surface area contributed by atoms with Crippen molar-refractivity contribution in [1.82, 2.24) is 44.5 Å². The van der Waals surface area contributed by atoms with Gasteiger partial charge in [-0.1, -0.05) is 57.6 Å². The predicted octanol–water partition coefficient (Wildman–Crippen LogP) is -3.16. The minimum atomic E-state index is -4.66. The Morgan fingerprint density at radius 1 is 0.714 bits per heavy atom. The molecule has 0 aliphatic rings. The largest absolute Gasteiger partial charge is 1.00 e. The van der Waals surface area contributed by atoms with Gasteiger partial charge in [0.05, 0.1) is 32.5 Å². The molecule has 0 saturated heterocycles. The van der Waals surface area contributed by atoms with Crippen LogP contribution in [0, 0.1) is 6.07 Å². The number of hydrogen-bond donors (Lipinski definition) is 2. The second-order valence-electron chi connectivity index (χ2n) is 13.6. The Balaban J connectivity index is 0.00000232. The average Bonchev–Trinajstić information content (AvgIpc) is 3.83. The molecule has 2 aromatic carbocycles. The molecule has 0 amide bonds. The molecule has 25 heteroatoms. The molecule has 0 unspecified atom stereocenters. The van der Waals surface area contributed by atoms with Crippen LogP contribution in [0.25, 0.3) is 32.3 Å². The fourth-order valence-corrected chi connectivity index (χ4v) is 7.17. The van der Waals surface area contributed by atoms with Crippen molar-refractivity contribution in [2.75, 3.05) is 11.5 Å². The molecule has 5 aromatic heterocycles. The van der Waals surface area contributed by atoms with Crippen LogP contribution in [0.3, 0.4) is 0 Å². The topological polar surface area (TPSA) is 282 Å². The van der Waals surface area contributed by atoms with Gasteiger partial charge in [-0.3, -0.25) is 0 Å². The number of nitrogen functional groups attached to an aromatic ring is 2. The first-order valence-electron chi connectivity index (χ1n) is 15.6. The zero-order valence-corrected chi connectivity index (χ0v) is 34.2. The number of anilines is 2. The molecule has 0 aliphatic heterocycles. The second-order valence-corrected chi connectivity index (χ2v) is 17.0. The molecule has 0 bridgehead atoms. The smallest absolute Gasteiger partial charge is 0.844 e. The molecule has 0 spiro atoms. The summed E-state index contributed by atoms with van der Waals surface area (Å²) in [7, 11) is -4.66. The van der Waals surface area contributed by atoms with E-state index in [-0.39, 0.29) is 102 Å². The van der Waals surface area contributed by atoms with E-state index >= 15 is 0 Å². The van der Waals surface area contributed by atoms with E-state index in [1.165, 1.54) is 34.2 Å². The number of azo groups is 2. The third kappa shape index (κ3) is 8.90. The molecule has 5 heterocycles. The zero-order chi connectivity index (χ0) is 38.0. The maximum atomic E-state index is 13.0. The number of nitrogens with two attached hydrogens (primary N) is 2. The SMILES string of the molecule is CC(C)(C)c1nn(-c2nc([O-])nc(-n3nc(C(C)(C)C)c(N=Nc4nc5ccc(S(=O)(=O)[O-])cc5s4)c3N)n2)c(N)c1N=Nc1nc2cc[c-]cc2s1.[Li+].[Li+].[Li+]. The molecule has 0 aliphatic carbocycles. The quantitative estimate of drug-likeness (QED) is 0.0699. The van der Waals surface area contributed by atoms with Gasteiger partial charge in [-0.15, -0.1) is 26.5 Å². The summed E-state index contributed by atoms with van der Waals surface area (Å²) in [5.74, 6) is -0.497. The van der Waals surface area contributed by atoms with Crippen LogP contribution < -0.4 is 73.2 Å². The van der Waals surface area contributed by atoms with Crippen molar-refractivity contribution in [3.63, 3.8) is 0 Å². The van der Waals surface area contributed by atoms with Crippen molar-refractivity contribution in [2.24, 2.45) is 20.5 Å². The van der Waals surface area contributed by atoms with E-state index in [1.54, 1.807) is 6.07 Å². The molecular formula is C31H28Li3N15O4S3. The van der Waals surface area contributed by atoms with Crippen molar-refractivity contribution < 1.29 is 74.7 Å². The molecule has 7 rings (SSSR count). The number of benzene rings is 2. The molecule has 56 heavy (non-hydrogen) atoms. The molecule has 7 aromatic rings. The summed E-state index contributed by atoms with van der Waals surface area (Å²) in [5, 5.41) is 40.1. The van der Waals surface area contributed by atoms with E-state index in [0.29, 0.717) is 26.7 Å². The minimum absolute atomic E-state index is 0. The summed E-state index contributed by atoms with van der Waals surface area (Å²) in [6.07, 6.45) is 0. The van der Waals surface area contributed by atoms with E-state index in [2.05, 4.69) is 61.6 Å². The van der Waals surface area contributed by atoms with E-state index in [0.717, 1.165) is 26.2 Å². The van der Waals surface area contributed by atoms with Gasteiger partial charge in [0.2, 0.25) is 10.3 Å². The van der Waals surface area contributed by atoms with Crippen LogP contribution in [0.4, 0.5) is 33.3 Å². The maximum absolute atomic E-state index is 13.0. The van der Waals surface area contributed by atoms with Crippen molar-refractivity contribution in [2.45, 2.75) is 57.3 Å². The number of rotatable bonds is 7. The Hall–Kier alpha value is -4.05. The fourth-order valence-electron chi connectivity index (χ4n) is 5.01. The van der Waals surface area contributed by atoms with Crippen LogP contribution in [0.1, 0.15) is 52.9 Å². The van der Waals surface area contributed by atoms with Crippen LogP contribution in [0.5, 0.6) is 6.01 Å². The van der Waals surface area contributed by atoms with Gasteiger partial charge in [0.25, 0.3) is 11.9 Å². The third-order valence-corrected chi connectivity index (χ3v) is 10.1. The number of hydrogen-bond acceptors (Lipinski definition) is 19. The minimum Gasteiger partial charge on any atom is -0.844 e. The summed E-state index contributed by atoms with van der Waals surface area (Å²) in [6, 6.07) is 11.3. The molecule has 0 fully saturated rings. The number of aromatic nitrogens is 9. The van der Waals surface area contributed by atoms with Crippen LogP contribution in [0.2, 0.25) is 0 Å². The van der Waals surface area contributed by atoms with Crippen molar-refractivity contribution in [3.8, 4) is 17.9 Å². The summed E-state index contributed by atoms with van der Waals surface area (Å²) >= 11 is 2.36. The van der Waals surface area contributed by atoms with Crippen LogP contribution in [0.15, 0.2) is 61.8 Å². The van der Waals surface area contributed by atoms with E-state index in [4.69, 9.17) is 11.5 Å². The summed E-state index contributed by atoms with van der Waals surface area (Å²) < 4.78 is 38.1. The van der Waals surface area contributed by atoms with Gasteiger partial charge in [0, 0.05) is 10.8 Å². The molecule has 19 nitrogen and oxygen atoms in total. The van der Waals surface area contributed by atoms with Crippen LogP contribution >= 0.6 is 22.7 Å². The standard InChI is InChI=1S/C31H30N15O4S3.3Li/c1-30(2,3)21-19(39-41-28-34-15-9-7-8-10-17(15)51-28)23(32)45(43-21)25-36-26(38-27(47)37-25)46-24(33)20(22(44-46)31(4,5)6)40-42-29-35-16-12-11-14(53(48,49)50)13-18(16)52-29;;;/h7,9-13H,32-33H2,1-6H3,(H,48,49,50)(H,36,37,38,47);;;/q-1;3*+1/p-2. The van der Waals surface area contributed by atoms with Gasteiger partial charge in [-0.2, -0.15) is 54.1 Å². The summed E-state index contributed by atoms with van der Waals surface area (Å²) in [6.45, 7) is 11.4. The Morgan fingerprint density at radius 3 is 1.66 bits per heavy atom. The molecule has 0 radical (unpaired) electrons. The van der Waals surface area contributed by atoms with E-state index in [9.17, 15) is 18.1 Å². The second kappa shape index (κ2) is 16.4. The molecule has 4 N–H and O–H groups in total. The van der Waals surface area contributed by atoms with Gasteiger partial charge >= 0.3 is 56.6 Å². The van der Waals surface area contributed by atoms with Crippen LogP contribution in [-0.4, -0.2) is 57.5 Å². The summed E-state index contributed by atoms with van der Waals surface area (Å²) in [4.78, 5) is 20.8. The van der Waals surface area contributed by atoms with Crippen molar-refractivity contribution >= 4 is 86.5 Å². The van der Waals surface area contributed by atoms with Crippen molar-refractivity contribution in [1.29, 1.82) is 0 Å². The van der Waals surface area contributed by atoms with E-state index < -0.39 is 27.0 Å². The van der Waals surface area contributed by atoms with Gasteiger partial charge in [0.1, 0.15) is 10.1 Å². The number of fused-ring (bicyclic) bond motifs is 2. The van der Waals surface area contributed by atoms with E-state index in [1.807, 2.05) is 53.7 Å². The Morgan fingerprint density at radius 2 is 1.20 bits per heavy atom. The average molecular weight is 792 g/mol. The molecule has 0 saturated carbocycles.